The fourth-order valence-corrected chi connectivity index (χ4v) is 7.52. The van der Waals surface area contributed by atoms with Crippen LogP contribution in [0.5, 0.6) is 6.01 Å². The van der Waals surface area contributed by atoms with E-state index in [9.17, 15) is 14.4 Å². The van der Waals surface area contributed by atoms with Crippen LogP contribution in [0, 0.1) is 17.1 Å². The number of likely N-dealkylation sites (tertiary alicyclic amines) is 1. The number of hydrogen-bond acceptors (Lipinski definition) is 8. The van der Waals surface area contributed by atoms with Crippen molar-refractivity contribution in [1.29, 1.82) is 5.26 Å². The van der Waals surface area contributed by atoms with E-state index in [1.165, 1.54) is 16.5 Å². The highest BCUT2D eigenvalue weighted by Gasteiger charge is 2.33. The Hall–Kier alpha value is -3.75. The third-order valence-corrected chi connectivity index (χ3v) is 9.91. The van der Waals surface area contributed by atoms with Gasteiger partial charge in [-0.25, -0.2) is 8.78 Å². The number of carbonyl (C=O) groups excluding carboxylic acids is 1. The van der Waals surface area contributed by atoms with Crippen LogP contribution in [0.3, 0.4) is 0 Å². The molecule has 3 aromatic rings. The van der Waals surface area contributed by atoms with Gasteiger partial charge in [-0.2, -0.15) is 15.2 Å². The summed E-state index contributed by atoms with van der Waals surface area (Å²) in [5.74, 6) is -0.810. The lowest BCUT2D eigenvalue weighted by Gasteiger charge is -2.41. The van der Waals surface area contributed by atoms with Gasteiger partial charge in [0.05, 0.1) is 24.0 Å². The zero-order valence-electron chi connectivity index (χ0n) is 24.2. The molecular formula is C32H34F2N6O2S. The summed E-state index contributed by atoms with van der Waals surface area (Å²) in [7, 11) is 2.07. The van der Waals surface area contributed by atoms with Gasteiger partial charge in [-0.3, -0.25) is 4.79 Å². The summed E-state index contributed by atoms with van der Waals surface area (Å²) in [5, 5.41) is 9.97. The smallest absolute Gasteiger partial charge is 0.319 e. The average molecular weight is 605 g/mol. The molecular weight excluding hydrogens is 570 g/mol. The molecule has 4 heterocycles. The van der Waals surface area contributed by atoms with Crippen LogP contribution >= 0.6 is 11.8 Å². The number of nitriles is 1. The molecule has 0 unspecified atom stereocenters. The highest BCUT2D eigenvalue weighted by molar-refractivity contribution is 7.99. The van der Waals surface area contributed by atoms with Gasteiger partial charge in [-0.05, 0) is 68.3 Å². The van der Waals surface area contributed by atoms with Crippen molar-refractivity contribution in [3.8, 4) is 23.2 Å². The molecule has 3 aliphatic rings. The molecule has 2 atom stereocenters. The zero-order chi connectivity index (χ0) is 30.1. The first-order valence-corrected chi connectivity index (χ1v) is 15.7. The minimum atomic E-state index is -1.06. The van der Waals surface area contributed by atoms with E-state index < -0.39 is 17.8 Å². The number of piperazine rings is 1. The Kier molecular flexibility index (Phi) is 8.50. The molecule has 2 fully saturated rings. The van der Waals surface area contributed by atoms with E-state index in [2.05, 4.69) is 30.7 Å². The molecule has 2 aromatic carbocycles. The maximum atomic E-state index is 16.0. The third kappa shape index (κ3) is 5.91. The van der Waals surface area contributed by atoms with Gasteiger partial charge in [-0.1, -0.05) is 24.8 Å². The van der Waals surface area contributed by atoms with Gasteiger partial charge in [0.25, 0.3) is 5.91 Å². The van der Waals surface area contributed by atoms with E-state index in [1.807, 2.05) is 17.0 Å². The second kappa shape index (κ2) is 12.5. The largest absolute Gasteiger partial charge is 0.462 e. The van der Waals surface area contributed by atoms with Crippen molar-refractivity contribution in [2.24, 2.45) is 0 Å². The number of benzene rings is 2. The van der Waals surface area contributed by atoms with Crippen LogP contribution in [0.1, 0.15) is 31.2 Å². The van der Waals surface area contributed by atoms with Gasteiger partial charge < -0.3 is 19.4 Å². The standard InChI is InChI=1S/C32H34F2N6O2S/c1-20(33)31(41)40-14-13-39(18-22(40)10-11-35)30-26-16-27(34)25(24-9-3-6-21-7-5-15-43-29(21)24)17-28(26)36-32(37-30)42-19-23-8-4-12-38(23)2/h3,6,9,16-17,22-23H,1,4-5,7-8,10,12-15,18-19H2,2H3/t22-,23-/m0/s1. The number of thioether (sulfide) groups is 1. The summed E-state index contributed by atoms with van der Waals surface area (Å²) < 4.78 is 35.9. The van der Waals surface area contributed by atoms with Crippen LogP contribution < -0.4 is 9.64 Å². The zero-order valence-corrected chi connectivity index (χ0v) is 25.0. The number of aryl methyl sites for hydroxylation is 1. The van der Waals surface area contributed by atoms with Crippen molar-refractivity contribution < 1.29 is 18.3 Å². The fourth-order valence-electron chi connectivity index (χ4n) is 6.34. The lowest BCUT2D eigenvalue weighted by molar-refractivity contribution is -0.131. The number of halogens is 2. The molecule has 2 saturated heterocycles. The summed E-state index contributed by atoms with van der Waals surface area (Å²) in [6, 6.07) is 11.2. The summed E-state index contributed by atoms with van der Waals surface area (Å²) in [6.45, 7) is 5.27. The van der Waals surface area contributed by atoms with E-state index in [0.29, 0.717) is 35.4 Å². The summed E-state index contributed by atoms with van der Waals surface area (Å²) in [4.78, 5) is 28.6. The average Bonchev–Trinajstić information content (AvgIpc) is 3.43. The topological polar surface area (TPSA) is 85.6 Å². The Balaban J connectivity index is 1.41. The summed E-state index contributed by atoms with van der Waals surface area (Å²) in [6.07, 6.45) is 4.20. The predicted octanol–water partition coefficient (Wildman–Crippen LogP) is 5.36. The number of nitrogens with zero attached hydrogens (tertiary/aromatic N) is 6. The number of rotatable bonds is 7. The maximum absolute atomic E-state index is 16.0. The van der Waals surface area contributed by atoms with E-state index in [4.69, 9.17) is 14.7 Å². The number of likely N-dealkylation sites (N-methyl/N-ethyl adjacent to an activating group) is 1. The normalized spacial score (nSPS) is 20.6. The van der Waals surface area contributed by atoms with Crippen LogP contribution in [0.25, 0.3) is 22.0 Å². The van der Waals surface area contributed by atoms with Crippen molar-refractivity contribution in [2.75, 3.05) is 50.5 Å². The van der Waals surface area contributed by atoms with E-state index in [0.717, 1.165) is 48.4 Å². The van der Waals surface area contributed by atoms with Gasteiger partial charge in [0.1, 0.15) is 18.2 Å². The van der Waals surface area contributed by atoms with Crippen molar-refractivity contribution in [2.45, 2.75) is 49.1 Å². The van der Waals surface area contributed by atoms with E-state index in [-0.39, 0.29) is 37.4 Å². The lowest BCUT2D eigenvalue weighted by atomic mass is 9.98. The third-order valence-electron chi connectivity index (χ3n) is 8.65. The number of aromatic nitrogens is 2. The van der Waals surface area contributed by atoms with Crippen LogP contribution in [-0.2, 0) is 11.2 Å². The highest BCUT2D eigenvalue weighted by atomic mass is 32.2. The van der Waals surface area contributed by atoms with Crippen LogP contribution in [-0.4, -0.2) is 83.3 Å². The number of fused-ring (bicyclic) bond motifs is 2. The summed E-state index contributed by atoms with van der Waals surface area (Å²) >= 11 is 1.76. The first-order valence-electron chi connectivity index (χ1n) is 14.7. The van der Waals surface area contributed by atoms with Gasteiger partial charge in [0.15, 0.2) is 5.83 Å². The molecule has 11 heteroatoms. The minimum absolute atomic E-state index is 0.00516. The fraction of sp³-hybridized carbons (Fsp3) is 0.438. The van der Waals surface area contributed by atoms with E-state index in [1.54, 1.807) is 17.8 Å². The molecule has 0 saturated carbocycles. The van der Waals surface area contributed by atoms with Gasteiger partial charge in [-0.15, -0.1) is 11.8 Å². The Bertz CT molecular complexity index is 1610. The van der Waals surface area contributed by atoms with Gasteiger partial charge in [0.2, 0.25) is 0 Å². The SMILES string of the molecule is C=C(F)C(=O)N1CCN(c2nc(OC[C@@H]3CCCN3C)nc3cc(-c4cccc5c4SCCC5)c(F)cc23)C[C@@H]1CC#N. The second-order valence-corrected chi connectivity index (χ2v) is 12.5. The van der Waals surface area contributed by atoms with Crippen LogP contribution in [0.15, 0.2) is 47.6 Å². The monoisotopic (exact) mass is 604 g/mol. The Morgan fingerprint density at radius 3 is 2.81 bits per heavy atom. The molecule has 8 nitrogen and oxygen atoms in total. The van der Waals surface area contributed by atoms with E-state index >= 15 is 4.39 Å². The van der Waals surface area contributed by atoms with Gasteiger partial charge in [0, 0.05) is 41.5 Å². The molecule has 1 aromatic heterocycles. The predicted molar refractivity (Wildman–Crippen MR) is 163 cm³/mol. The Labute approximate surface area is 254 Å². The Morgan fingerprint density at radius 1 is 1.19 bits per heavy atom. The quantitative estimate of drug-likeness (QED) is 0.333. The van der Waals surface area contributed by atoms with Crippen molar-refractivity contribution in [3.05, 3.63) is 54.1 Å². The molecule has 1 amide bonds. The number of ether oxygens (including phenoxy) is 1. The molecule has 0 aliphatic carbocycles. The molecule has 3 aliphatic heterocycles. The Morgan fingerprint density at radius 2 is 2.05 bits per heavy atom. The molecule has 0 bridgehead atoms. The lowest BCUT2D eigenvalue weighted by Crippen LogP contribution is -2.55. The molecule has 43 heavy (non-hydrogen) atoms. The van der Waals surface area contributed by atoms with Crippen molar-refractivity contribution >= 4 is 34.4 Å². The van der Waals surface area contributed by atoms with Crippen molar-refractivity contribution in [3.63, 3.8) is 0 Å². The van der Waals surface area contributed by atoms with Crippen LogP contribution in [0.4, 0.5) is 14.6 Å². The minimum Gasteiger partial charge on any atom is -0.462 e. The van der Waals surface area contributed by atoms with Crippen molar-refractivity contribution in [1.82, 2.24) is 19.8 Å². The molecule has 0 N–H and O–H groups in total. The first-order chi connectivity index (χ1) is 20.8. The first kappa shape index (κ1) is 29.3. The number of anilines is 1. The maximum Gasteiger partial charge on any atom is 0.319 e. The number of amides is 1. The number of hydrogen-bond donors (Lipinski definition) is 0. The van der Waals surface area contributed by atoms with Gasteiger partial charge >= 0.3 is 6.01 Å². The molecule has 6 rings (SSSR count). The highest BCUT2D eigenvalue weighted by Crippen LogP contribution is 2.41. The summed E-state index contributed by atoms with van der Waals surface area (Å²) in [5.41, 5.74) is 3.10. The second-order valence-electron chi connectivity index (χ2n) is 11.4. The molecule has 0 spiro atoms. The molecule has 224 valence electrons. The van der Waals surface area contributed by atoms with Crippen LogP contribution in [0.2, 0.25) is 0 Å². The molecule has 0 radical (unpaired) electrons. The number of carbonyl (C=O) groups is 1.